The first-order valence-electron chi connectivity index (χ1n) is 6.41. The number of nitrogens with two attached hydrogens (primary N) is 1. The van der Waals surface area contributed by atoms with Gasteiger partial charge in [0.15, 0.2) is 0 Å². The summed E-state index contributed by atoms with van der Waals surface area (Å²) >= 11 is 5.87. The number of nitrogen functional groups attached to an aromatic ring is 1. The molecule has 0 saturated heterocycles. The average Bonchev–Trinajstić information content (AvgIpc) is 2.43. The maximum absolute atomic E-state index is 9.02. The van der Waals surface area contributed by atoms with E-state index in [4.69, 9.17) is 22.4 Å². The SMILES string of the molecule is Nc1nc(Cl)cc(NC(CCCO)c2ccccc2)n1. The lowest BCUT2D eigenvalue weighted by atomic mass is 10.0. The summed E-state index contributed by atoms with van der Waals surface area (Å²) in [6.45, 7) is 0.150. The van der Waals surface area contributed by atoms with Gasteiger partial charge in [0.25, 0.3) is 0 Å². The van der Waals surface area contributed by atoms with Crippen LogP contribution in [0.3, 0.4) is 0 Å². The molecule has 1 atom stereocenters. The van der Waals surface area contributed by atoms with E-state index >= 15 is 0 Å². The lowest BCUT2D eigenvalue weighted by Gasteiger charge is -2.19. The molecular weight excluding hydrogens is 276 g/mol. The number of nitrogens with one attached hydrogen (secondary N) is 1. The Hall–Kier alpha value is -1.85. The van der Waals surface area contributed by atoms with E-state index < -0.39 is 0 Å². The van der Waals surface area contributed by atoms with E-state index in [0.717, 1.165) is 12.0 Å². The first-order chi connectivity index (χ1) is 9.69. The van der Waals surface area contributed by atoms with E-state index in [9.17, 15) is 0 Å². The minimum atomic E-state index is 0.0358. The molecule has 0 bridgehead atoms. The summed E-state index contributed by atoms with van der Waals surface area (Å²) in [5, 5.41) is 12.6. The first kappa shape index (κ1) is 14.6. The van der Waals surface area contributed by atoms with Gasteiger partial charge in [-0.15, -0.1) is 0 Å². The fraction of sp³-hybridized carbons (Fsp3) is 0.286. The van der Waals surface area contributed by atoms with E-state index in [1.165, 1.54) is 0 Å². The lowest BCUT2D eigenvalue weighted by Crippen LogP contribution is -2.13. The van der Waals surface area contributed by atoms with Crippen LogP contribution in [0, 0.1) is 0 Å². The Morgan fingerprint density at radius 1 is 1.25 bits per heavy atom. The predicted octanol–water partition coefficient (Wildman–Crippen LogP) is 2.64. The highest BCUT2D eigenvalue weighted by Crippen LogP contribution is 2.24. The van der Waals surface area contributed by atoms with Gasteiger partial charge in [-0.25, -0.2) is 4.98 Å². The minimum Gasteiger partial charge on any atom is -0.396 e. The molecule has 4 N–H and O–H groups in total. The van der Waals surface area contributed by atoms with Gasteiger partial charge in [0.1, 0.15) is 11.0 Å². The second kappa shape index (κ2) is 7.07. The summed E-state index contributed by atoms with van der Waals surface area (Å²) in [5.41, 5.74) is 6.71. The molecule has 5 nitrogen and oxygen atoms in total. The number of hydrogen-bond acceptors (Lipinski definition) is 5. The van der Waals surface area contributed by atoms with Crippen molar-refractivity contribution in [2.75, 3.05) is 17.7 Å². The van der Waals surface area contributed by atoms with Crippen molar-refractivity contribution in [1.29, 1.82) is 0 Å². The van der Waals surface area contributed by atoms with Crippen molar-refractivity contribution in [3.63, 3.8) is 0 Å². The summed E-state index contributed by atoms with van der Waals surface area (Å²) in [6, 6.07) is 11.6. The zero-order chi connectivity index (χ0) is 14.4. The standard InChI is InChI=1S/C14H17ClN4O/c15-12-9-13(19-14(16)18-12)17-11(7-4-8-20)10-5-2-1-3-6-10/h1-3,5-6,9,11,20H,4,7-8H2,(H3,16,17,18,19). The number of halogens is 1. The van der Waals surface area contributed by atoms with E-state index in [-0.39, 0.29) is 18.6 Å². The van der Waals surface area contributed by atoms with E-state index in [0.29, 0.717) is 17.4 Å². The Morgan fingerprint density at radius 2 is 2.00 bits per heavy atom. The smallest absolute Gasteiger partial charge is 0.223 e. The van der Waals surface area contributed by atoms with Crippen molar-refractivity contribution in [1.82, 2.24) is 9.97 Å². The van der Waals surface area contributed by atoms with E-state index in [1.54, 1.807) is 6.07 Å². The van der Waals surface area contributed by atoms with E-state index in [1.807, 2.05) is 30.3 Å². The maximum atomic E-state index is 9.02. The summed E-state index contributed by atoms with van der Waals surface area (Å²) in [6.07, 6.45) is 1.48. The Balaban J connectivity index is 2.19. The highest BCUT2D eigenvalue weighted by atomic mass is 35.5. The third-order valence-electron chi connectivity index (χ3n) is 2.89. The topological polar surface area (TPSA) is 84.1 Å². The van der Waals surface area contributed by atoms with Crippen LogP contribution in [0.15, 0.2) is 36.4 Å². The number of aromatic nitrogens is 2. The van der Waals surface area contributed by atoms with Gasteiger partial charge in [-0.05, 0) is 18.4 Å². The van der Waals surface area contributed by atoms with Crippen LogP contribution in [0.2, 0.25) is 5.15 Å². The van der Waals surface area contributed by atoms with Crippen molar-refractivity contribution in [3.05, 3.63) is 47.1 Å². The summed E-state index contributed by atoms with van der Waals surface area (Å²) in [4.78, 5) is 7.94. The summed E-state index contributed by atoms with van der Waals surface area (Å²) in [7, 11) is 0. The van der Waals surface area contributed by atoms with Gasteiger partial charge in [0.2, 0.25) is 5.95 Å². The van der Waals surface area contributed by atoms with Gasteiger partial charge in [-0.1, -0.05) is 41.9 Å². The second-order valence-electron chi connectivity index (χ2n) is 4.41. The first-order valence-corrected chi connectivity index (χ1v) is 6.79. The fourth-order valence-electron chi connectivity index (χ4n) is 1.99. The number of aliphatic hydroxyl groups is 1. The Bertz CT molecular complexity index is 530. The molecule has 6 heteroatoms. The Kier molecular flexibility index (Phi) is 5.15. The molecule has 0 spiro atoms. The molecule has 2 aromatic rings. The number of nitrogens with zero attached hydrogens (tertiary/aromatic N) is 2. The van der Waals surface area contributed by atoms with Crippen molar-refractivity contribution >= 4 is 23.4 Å². The van der Waals surface area contributed by atoms with Crippen LogP contribution in [0.25, 0.3) is 0 Å². The zero-order valence-corrected chi connectivity index (χ0v) is 11.7. The van der Waals surface area contributed by atoms with Crippen molar-refractivity contribution in [3.8, 4) is 0 Å². The number of benzene rings is 1. The molecule has 0 aliphatic rings. The zero-order valence-electron chi connectivity index (χ0n) is 11.0. The molecule has 1 aromatic carbocycles. The number of aliphatic hydroxyl groups excluding tert-OH is 1. The Morgan fingerprint density at radius 3 is 2.65 bits per heavy atom. The monoisotopic (exact) mass is 292 g/mol. The van der Waals surface area contributed by atoms with Crippen LogP contribution in [-0.2, 0) is 0 Å². The highest BCUT2D eigenvalue weighted by Gasteiger charge is 2.12. The molecule has 0 amide bonds. The molecule has 106 valence electrons. The quantitative estimate of drug-likeness (QED) is 0.713. The van der Waals surface area contributed by atoms with Crippen LogP contribution in [0.4, 0.5) is 11.8 Å². The molecule has 1 heterocycles. The van der Waals surface area contributed by atoms with Crippen molar-refractivity contribution in [2.24, 2.45) is 0 Å². The van der Waals surface area contributed by atoms with Gasteiger partial charge in [-0.3, -0.25) is 0 Å². The van der Waals surface area contributed by atoms with Gasteiger partial charge in [-0.2, -0.15) is 4.98 Å². The van der Waals surface area contributed by atoms with E-state index in [2.05, 4.69) is 15.3 Å². The molecule has 20 heavy (non-hydrogen) atoms. The minimum absolute atomic E-state index is 0.0358. The molecule has 0 aliphatic heterocycles. The predicted molar refractivity (Wildman–Crippen MR) is 80.6 cm³/mol. The van der Waals surface area contributed by atoms with Crippen molar-refractivity contribution in [2.45, 2.75) is 18.9 Å². The number of hydrogen-bond donors (Lipinski definition) is 3. The molecular formula is C14H17ClN4O. The van der Waals surface area contributed by atoms with Crippen LogP contribution in [0.5, 0.6) is 0 Å². The third kappa shape index (κ3) is 4.08. The molecule has 1 aromatic heterocycles. The fourth-order valence-corrected chi connectivity index (χ4v) is 2.18. The molecule has 0 radical (unpaired) electrons. The average molecular weight is 293 g/mol. The van der Waals surface area contributed by atoms with Crippen molar-refractivity contribution < 1.29 is 5.11 Å². The molecule has 0 aliphatic carbocycles. The van der Waals surface area contributed by atoms with Crippen LogP contribution < -0.4 is 11.1 Å². The second-order valence-corrected chi connectivity index (χ2v) is 4.79. The van der Waals surface area contributed by atoms with Gasteiger partial charge in [0, 0.05) is 12.7 Å². The normalized spacial score (nSPS) is 12.1. The number of rotatable bonds is 6. The Labute approximate surface area is 122 Å². The molecule has 2 rings (SSSR count). The van der Waals surface area contributed by atoms with Gasteiger partial charge >= 0.3 is 0 Å². The van der Waals surface area contributed by atoms with Gasteiger partial charge in [0.05, 0.1) is 6.04 Å². The van der Waals surface area contributed by atoms with Crippen LogP contribution in [-0.4, -0.2) is 21.7 Å². The summed E-state index contributed by atoms with van der Waals surface area (Å²) in [5.74, 6) is 0.711. The lowest BCUT2D eigenvalue weighted by molar-refractivity contribution is 0.281. The molecule has 0 saturated carbocycles. The molecule has 1 unspecified atom stereocenters. The number of anilines is 2. The third-order valence-corrected chi connectivity index (χ3v) is 3.08. The van der Waals surface area contributed by atoms with Gasteiger partial charge < -0.3 is 16.2 Å². The largest absolute Gasteiger partial charge is 0.396 e. The molecule has 0 fully saturated rings. The van der Waals surface area contributed by atoms with Crippen LogP contribution >= 0.6 is 11.6 Å². The highest BCUT2D eigenvalue weighted by molar-refractivity contribution is 6.29. The summed E-state index contributed by atoms with van der Waals surface area (Å²) < 4.78 is 0. The maximum Gasteiger partial charge on any atom is 0.223 e. The van der Waals surface area contributed by atoms with Crippen LogP contribution in [0.1, 0.15) is 24.4 Å².